The van der Waals surface area contributed by atoms with Gasteiger partial charge in [-0.05, 0) is 92.0 Å². The normalized spacial score (nSPS) is 14.5. The Balaban J connectivity index is 3.23. The highest BCUT2D eigenvalue weighted by atomic mass is 32.1. The summed E-state index contributed by atoms with van der Waals surface area (Å²) in [6.07, 6.45) is 9.80. The Kier molecular flexibility index (Phi) is 9.80. The van der Waals surface area contributed by atoms with Gasteiger partial charge in [-0.1, -0.05) is 62.4 Å². The first-order valence-electron chi connectivity index (χ1n) is 9.74. The van der Waals surface area contributed by atoms with E-state index in [9.17, 15) is 0 Å². The summed E-state index contributed by atoms with van der Waals surface area (Å²) < 4.78 is 0. The van der Waals surface area contributed by atoms with Gasteiger partial charge in [0.25, 0.3) is 0 Å². The summed E-state index contributed by atoms with van der Waals surface area (Å²) in [4.78, 5) is 0. The van der Waals surface area contributed by atoms with Crippen LogP contribution < -0.4 is 0 Å². The molecule has 1 aromatic rings. The van der Waals surface area contributed by atoms with Crippen molar-refractivity contribution in [2.45, 2.75) is 60.8 Å². The van der Waals surface area contributed by atoms with Crippen molar-refractivity contribution in [2.75, 3.05) is 5.75 Å². The lowest BCUT2D eigenvalue weighted by Gasteiger charge is -2.17. The molecule has 142 valence electrons. The molecule has 1 heteroatoms. The highest BCUT2D eigenvalue weighted by molar-refractivity contribution is 7.80. The van der Waals surface area contributed by atoms with E-state index in [1.807, 2.05) is 0 Å². The van der Waals surface area contributed by atoms with Crippen molar-refractivity contribution >= 4 is 18.2 Å². The summed E-state index contributed by atoms with van der Waals surface area (Å²) in [6.45, 7) is 17.4. The van der Waals surface area contributed by atoms with Crippen molar-refractivity contribution in [3.8, 4) is 0 Å². The molecule has 0 nitrogen and oxygen atoms in total. The van der Waals surface area contributed by atoms with Gasteiger partial charge in [-0.2, -0.15) is 12.6 Å². The molecule has 0 heterocycles. The fraction of sp³-hybridized carbons (Fsp3) is 0.440. The first-order chi connectivity index (χ1) is 12.3. The van der Waals surface area contributed by atoms with Crippen LogP contribution in [0.3, 0.4) is 0 Å². The molecule has 0 aliphatic carbocycles. The van der Waals surface area contributed by atoms with Crippen molar-refractivity contribution in [2.24, 2.45) is 5.92 Å². The standard InChI is InChI=1S/C25H36S/c1-8-18(3)10-12-21(6)25(20(5)9-2)24-15-14-23(16-22(24)7)13-11-19(4)17-26/h8,10,12,14-16,19,26H,5,9,11,13,17H2,1-4,6-7H3/b12-10-,18-8-,25-21-. The zero-order valence-electron chi connectivity index (χ0n) is 17.5. The lowest BCUT2D eigenvalue weighted by molar-refractivity contribution is 0.597. The number of aryl methyl sites for hydroxylation is 2. The third-order valence-corrected chi connectivity index (χ3v) is 5.65. The Hall–Kier alpha value is -1.47. The predicted octanol–water partition coefficient (Wildman–Crippen LogP) is 7.76. The SMILES string of the molecule is C=C(CC)/C(=C(C)/C=C\C(C)=C/C)c1ccc(CCC(C)CS)cc1C. The van der Waals surface area contributed by atoms with Crippen LogP contribution in [-0.4, -0.2) is 5.75 Å². The number of allylic oxidation sites excluding steroid dienone is 7. The van der Waals surface area contributed by atoms with E-state index in [4.69, 9.17) is 0 Å². The van der Waals surface area contributed by atoms with Crippen LogP contribution in [0.15, 0.2) is 59.7 Å². The molecule has 0 saturated heterocycles. The molecule has 0 N–H and O–H groups in total. The van der Waals surface area contributed by atoms with Crippen molar-refractivity contribution in [1.82, 2.24) is 0 Å². The van der Waals surface area contributed by atoms with Gasteiger partial charge in [-0.15, -0.1) is 0 Å². The minimum Gasteiger partial charge on any atom is -0.179 e. The Bertz CT molecular complexity index is 701. The molecule has 1 aromatic carbocycles. The highest BCUT2D eigenvalue weighted by Gasteiger charge is 2.11. The van der Waals surface area contributed by atoms with E-state index in [-0.39, 0.29) is 0 Å². The minimum atomic E-state index is 0.663. The lowest BCUT2D eigenvalue weighted by atomic mass is 9.88. The Morgan fingerprint density at radius 1 is 1.23 bits per heavy atom. The van der Waals surface area contributed by atoms with Crippen LogP contribution in [-0.2, 0) is 6.42 Å². The van der Waals surface area contributed by atoms with Gasteiger partial charge in [0.05, 0.1) is 0 Å². The van der Waals surface area contributed by atoms with E-state index in [1.54, 1.807) is 0 Å². The van der Waals surface area contributed by atoms with Crippen molar-refractivity contribution in [3.05, 3.63) is 76.4 Å². The van der Waals surface area contributed by atoms with E-state index in [2.05, 4.69) is 97.2 Å². The van der Waals surface area contributed by atoms with Crippen LogP contribution in [0.5, 0.6) is 0 Å². The van der Waals surface area contributed by atoms with E-state index >= 15 is 0 Å². The lowest BCUT2D eigenvalue weighted by Crippen LogP contribution is -2.00. The molecule has 0 spiro atoms. The second-order valence-electron chi connectivity index (χ2n) is 7.36. The van der Waals surface area contributed by atoms with Gasteiger partial charge in [0.15, 0.2) is 0 Å². The number of thiol groups is 1. The third kappa shape index (κ3) is 6.68. The van der Waals surface area contributed by atoms with Crippen LogP contribution in [0.1, 0.15) is 64.2 Å². The van der Waals surface area contributed by atoms with Gasteiger partial charge in [-0.25, -0.2) is 0 Å². The molecule has 1 rings (SSSR count). The number of hydrogen-bond donors (Lipinski definition) is 1. The summed E-state index contributed by atoms with van der Waals surface area (Å²) >= 11 is 4.40. The van der Waals surface area contributed by atoms with Gasteiger partial charge in [0.1, 0.15) is 0 Å². The summed E-state index contributed by atoms with van der Waals surface area (Å²) in [5.74, 6) is 1.62. The third-order valence-electron chi connectivity index (χ3n) is 5.02. The number of rotatable bonds is 9. The molecule has 0 aromatic heterocycles. The van der Waals surface area contributed by atoms with Crippen molar-refractivity contribution in [1.29, 1.82) is 0 Å². The van der Waals surface area contributed by atoms with Crippen molar-refractivity contribution < 1.29 is 0 Å². The molecule has 26 heavy (non-hydrogen) atoms. The molecule has 0 saturated carbocycles. The van der Waals surface area contributed by atoms with Crippen molar-refractivity contribution in [3.63, 3.8) is 0 Å². The molecule has 0 radical (unpaired) electrons. The fourth-order valence-electron chi connectivity index (χ4n) is 2.96. The summed E-state index contributed by atoms with van der Waals surface area (Å²) in [6, 6.07) is 6.91. The first kappa shape index (κ1) is 22.6. The quantitative estimate of drug-likeness (QED) is 0.334. The summed E-state index contributed by atoms with van der Waals surface area (Å²) in [7, 11) is 0. The smallest absolute Gasteiger partial charge is 0.00720 e. The molecule has 1 atom stereocenters. The topological polar surface area (TPSA) is 0 Å². The predicted molar refractivity (Wildman–Crippen MR) is 123 cm³/mol. The second-order valence-corrected chi connectivity index (χ2v) is 7.72. The van der Waals surface area contributed by atoms with Gasteiger partial charge in [0, 0.05) is 0 Å². The minimum absolute atomic E-state index is 0.663. The monoisotopic (exact) mass is 368 g/mol. The molecule has 0 aliphatic heterocycles. The van der Waals surface area contributed by atoms with E-state index < -0.39 is 0 Å². The maximum atomic E-state index is 4.40. The average molecular weight is 369 g/mol. The average Bonchev–Trinajstić information content (AvgIpc) is 2.65. The highest BCUT2D eigenvalue weighted by Crippen LogP contribution is 2.31. The van der Waals surface area contributed by atoms with Crippen LogP contribution in [0.2, 0.25) is 0 Å². The maximum absolute atomic E-state index is 4.40. The van der Waals surface area contributed by atoms with Crippen LogP contribution >= 0.6 is 12.6 Å². The number of hydrogen-bond acceptors (Lipinski definition) is 1. The molecule has 0 aliphatic rings. The van der Waals surface area contributed by atoms with Gasteiger partial charge in [-0.3, -0.25) is 0 Å². The fourth-order valence-corrected chi connectivity index (χ4v) is 3.14. The zero-order chi connectivity index (χ0) is 19.7. The van der Waals surface area contributed by atoms with Gasteiger partial charge >= 0.3 is 0 Å². The zero-order valence-corrected chi connectivity index (χ0v) is 18.4. The van der Waals surface area contributed by atoms with Gasteiger partial charge in [0.2, 0.25) is 0 Å². The molecular weight excluding hydrogens is 332 g/mol. The van der Waals surface area contributed by atoms with Gasteiger partial charge < -0.3 is 0 Å². The summed E-state index contributed by atoms with van der Waals surface area (Å²) in [5.41, 5.74) is 9.10. The maximum Gasteiger partial charge on any atom is -0.00720 e. The second kappa shape index (κ2) is 11.3. The Morgan fingerprint density at radius 2 is 1.92 bits per heavy atom. The molecule has 0 amide bonds. The first-order valence-corrected chi connectivity index (χ1v) is 10.4. The van der Waals surface area contributed by atoms with Crippen LogP contribution in [0.25, 0.3) is 5.57 Å². The van der Waals surface area contributed by atoms with E-state index in [1.165, 1.54) is 45.4 Å². The van der Waals surface area contributed by atoms with Crippen LogP contribution in [0.4, 0.5) is 0 Å². The van der Waals surface area contributed by atoms with E-state index in [0.717, 1.165) is 18.6 Å². The molecule has 1 unspecified atom stereocenters. The largest absolute Gasteiger partial charge is 0.179 e. The number of benzene rings is 1. The van der Waals surface area contributed by atoms with E-state index in [0.29, 0.717) is 5.92 Å². The molecule has 0 fully saturated rings. The molecule has 0 bridgehead atoms. The van der Waals surface area contributed by atoms with Crippen LogP contribution in [0, 0.1) is 12.8 Å². The summed E-state index contributed by atoms with van der Waals surface area (Å²) in [5, 5.41) is 0. The Labute approximate surface area is 167 Å². The molecular formula is C25H36S. The Morgan fingerprint density at radius 3 is 2.46 bits per heavy atom.